The van der Waals surface area contributed by atoms with Gasteiger partial charge in [0.05, 0.1) is 13.2 Å². The monoisotopic (exact) mass is 350 g/mol. The van der Waals surface area contributed by atoms with Gasteiger partial charge in [-0.05, 0) is 31.0 Å². The Morgan fingerprint density at radius 3 is 1.88 bits per heavy atom. The Bertz CT molecular complexity index is 451. The molecule has 0 radical (unpaired) electrons. The van der Waals surface area contributed by atoms with E-state index in [1.807, 2.05) is 6.07 Å². The first kappa shape index (κ1) is 21.8. The third kappa shape index (κ3) is 9.76. The molecule has 0 aliphatic rings. The molecule has 0 saturated heterocycles. The summed E-state index contributed by atoms with van der Waals surface area (Å²) in [6.07, 6.45) is 11.8. The van der Waals surface area contributed by atoms with E-state index in [0.29, 0.717) is 30.2 Å². The molecular formula is C20H35BO4. The van der Waals surface area contributed by atoms with Crippen LogP contribution in [0.2, 0.25) is 0 Å². The Kier molecular flexibility index (Phi) is 12.3. The van der Waals surface area contributed by atoms with Gasteiger partial charge in [-0.1, -0.05) is 65.2 Å². The van der Waals surface area contributed by atoms with Crippen molar-refractivity contribution in [1.82, 2.24) is 0 Å². The maximum absolute atomic E-state index is 9.59. The molecule has 0 aliphatic heterocycles. The molecule has 2 N–H and O–H groups in total. The SMILES string of the molecule is CCCCCCCOc1ccc(OCCCCCCC)c(B(O)O)c1. The standard InChI is InChI=1S/C20H35BO4/c1-3-5-7-9-11-15-24-18-13-14-20(19(17-18)21(22)23)25-16-12-10-8-6-4-2/h13-14,17,22-23H,3-12,15-16H2,1-2H3. The number of hydrogen-bond donors (Lipinski definition) is 2. The summed E-state index contributed by atoms with van der Waals surface area (Å²) in [5.74, 6) is 1.19. The second kappa shape index (κ2) is 14.0. The van der Waals surface area contributed by atoms with Gasteiger partial charge in [0.25, 0.3) is 0 Å². The largest absolute Gasteiger partial charge is 0.494 e. The molecule has 0 unspecified atom stereocenters. The lowest BCUT2D eigenvalue weighted by Crippen LogP contribution is -2.31. The van der Waals surface area contributed by atoms with Gasteiger partial charge in [0.2, 0.25) is 0 Å². The molecule has 1 aromatic rings. The Labute approximate surface area is 153 Å². The minimum atomic E-state index is -1.55. The molecule has 5 heteroatoms. The summed E-state index contributed by atoms with van der Waals surface area (Å²) in [5, 5.41) is 19.2. The normalized spacial score (nSPS) is 10.7. The Morgan fingerprint density at radius 2 is 1.32 bits per heavy atom. The van der Waals surface area contributed by atoms with Crippen molar-refractivity contribution in [2.45, 2.75) is 78.1 Å². The number of unbranched alkanes of at least 4 members (excludes halogenated alkanes) is 8. The smallest absolute Gasteiger partial charge is 0.492 e. The summed E-state index contributed by atoms with van der Waals surface area (Å²) in [5.41, 5.74) is 0.372. The van der Waals surface area contributed by atoms with Gasteiger partial charge in [0.15, 0.2) is 0 Å². The summed E-state index contributed by atoms with van der Waals surface area (Å²) in [7, 11) is -1.55. The fraction of sp³-hybridized carbons (Fsp3) is 0.700. The third-order valence-electron chi connectivity index (χ3n) is 4.28. The molecular weight excluding hydrogens is 315 g/mol. The highest BCUT2D eigenvalue weighted by molar-refractivity contribution is 6.59. The fourth-order valence-corrected chi connectivity index (χ4v) is 2.73. The molecule has 1 rings (SSSR count). The maximum Gasteiger partial charge on any atom is 0.492 e. The Balaban J connectivity index is 2.41. The summed E-state index contributed by atoms with van der Waals surface area (Å²) in [4.78, 5) is 0. The van der Waals surface area contributed by atoms with Crippen LogP contribution in [0.1, 0.15) is 78.1 Å². The summed E-state index contributed by atoms with van der Waals surface area (Å²) in [6, 6.07) is 5.28. The highest BCUT2D eigenvalue weighted by Crippen LogP contribution is 2.17. The van der Waals surface area contributed by atoms with Crippen LogP contribution in [0.25, 0.3) is 0 Å². The van der Waals surface area contributed by atoms with E-state index < -0.39 is 7.12 Å². The second-order valence-corrected chi connectivity index (χ2v) is 6.60. The van der Waals surface area contributed by atoms with Crippen molar-refractivity contribution >= 4 is 12.6 Å². The first-order valence-electron chi connectivity index (χ1n) is 9.94. The molecule has 0 fully saturated rings. The van der Waals surface area contributed by atoms with Gasteiger partial charge in [-0.25, -0.2) is 0 Å². The van der Waals surface area contributed by atoms with Crippen LogP contribution in [0.15, 0.2) is 18.2 Å². The van der Waals surface area contributed by atoms with Crippen LogP contribution in [0.4, 0.5) is 0 Å². The molecule has 0 bridgehead atoms. The van der Waals surface area contributed by atoms with Crippen LogP contribution >= 0.6 is 0 Å². The molecule has 142 valence electrons. The lowest BCUT2D eigenvalue weighted by atomic mass is 9.79. The zero-order valence-corrected chi connectivity index (χ0v) is 16.0. The number of benzene rings is 1. The van der Waals surface area contributed by atoms with Crippen molar-refractivity contribution in [1.29, 1.82) is 0 Å². The van der Waals surface area contributed by atoms with Crippen LogP contribution in [0, 0.1) is 0 Å². The van der Waals surface area contributed by atoms with E-state index in [4.69, 9.17) is 9.47 Å². The number of rotatable bonds is 15. The van der Waals surface area contributed by atoms with Crippen molar-refractivity contribution in [2.75, 3.05) is 13.2 Å². The van der Waals surface area contributed by atoms with Gasteiger partial charge in [-0.3, -0.25) is 0 Å². The average Bonchev–Trinajstić information content (AvgIpc) is 2.61. The maximum atomic E-state index is 9.59. The predicted octanol–water partition coefficient (Wildman–Crippen LogP) is 4.06. The summed E-state index contributed by atoms with van der Waals surface area (Å²) >= 11 is 0. The van der Waals surface area contributed by atoms with E-state index >= 15 is 0 Å². The van der Waals surface area contributed by atoms with Crippen LogP contribution in [-0.4, -0.2) is 30.4 Å². The van der Waals surface area contributed by atoms with E-state index in [-0.39, 0.29) is 0 Å². The highest BCUT2D eigenvalue weighted by atomic mass is 16.5. The third-order valence-corrected chi connectivity index (χ3v) is 4.28. The molecule has 4 nitrogen and oxygen atoms in total. The molecule has 0 amide bonds. The van der Waals surface area contributed by atoms with E-state index in [9.17, 15) is 10.0 Å². The molecule has 0 atom stereocenters. The quantitative estimate of drug-likeness (QED) is 0.370. The first-order chi connectivity index (χ1) is 12.2. The zero-order chi connectivity index (χ0) is 18.3. The minimum absolute atomic E-state index is 0.372. The second-order valence-electron chi connectivity index (χ2n) is 6.60. The molecule has 1 aromatic carbocycles. The Hall–Kier alpha value is -1.20. The molecule has 25 heavy (non-hydrogen) atoms. The number of hydrogen-bond acceptors (Lipinski definition) is 4. The minimum Gasteiger partial charge on any atom is -0.494 e. The molecule has 0 aromatic heterocycles. The van der Waals surface area contributed by atoms with Crippen molar-refractivity contribution in [2.24, 2.45) is 0 Å². The van der Waals surface area contributed by atoms with Gasteiger partial charge in [0.1, 0.15) is 11.5 Å². The summed E-state index contributed by atoms with van der Waals surface area (Å²) in [6.45, 7) is 5.65. The molecule has 0 heterocycles. The topological polar surface area (TPSA) is 58.9 Å². The average molecular weight is 350 g/mol. The molecule has 0 saturated carbocycles. The van der Waals surface area contributed by atoms with Gasteiger partial charge >= 0.3 is 7.12 Å². The van der Waals surface area contributed by atoms with Crippen molar-refractivity contribution in [3.8, 4) is 11.5 Å². The first-order valence-corrected chi connectivity index (χ1v) is 9.94. The van der Waals surface area contributed by atoms with Crippen molar-refractivity contribution in [3.63, 3.8) is 0 Å². The van der Waals surface area contributed by atoms with Crippen LogP contribution in [0.5, 0.6) is 11.5 Å². The van der Waals surface area contributed by atoms with Gasteiger partial charge < -0.3 is 19.5 Å². The van der Waals surface area contributed by atoms with E-state index in [0.717, 1.165) is 19.3 Å². The van der Waals surface area contributed by atoms with Crippen molar-refractivity contribution in [3.05, 3.63) is 18.2 Å². The van der Waals surface area contributed by atoms with Gasteiger partial charge in [-0.2, -0.15) is 0 Å². The van der Waals surface area contributed by atoms with E-state index in [2.05, 4.69) is 13.8 Å². The molecule has 0 aliphatic carbocycles. The lowest BCUT2D eigenvalue weighted by molar-refractivity contribution is 0.297. The van der Waals surface area contributed by atoms with Crippen LogP contribution in [0.3, 0.4) is 0 Å². The summed E-state index contributed by atoms with van der Waals surface area (Å²) < 4.78 is 11.5. The number of ether oxygens (including phenoxy) is 2. The van der Waals surface area contributed by atoms with Crippen LogP contribution in [-0.2, 0) is 0 Å². The predicted molar refractivity (Wildman–Crippen MR) is 105 cm³/mol. The van der Waals surface area contributed by atoms with E-state index in [1.54, 1.807) is 12.1 Å². The highest BCUT2D eigenvalue weighted by Gasteiger charge is 2.18. The Morgan fingerprint density at radius 1 is 0.760 bits per heavy atom. The lowest BCUT2D eigenvalue weighted by Gasteiger charge is -2.13. The van der Waals surface area contributed by atoms with Crippen molar-refractivity contribution < 1.29 is 19.5 Å². The van der Waals surface area contributed by atoms with Crippen LogP contribution < -0.4 is 14.9 Å². The zero-order valence-electron chi connectivity index (χ0n) is 16.0. The molecule has 0 spiro atoms. The fourth-order valence-electron chi connectivity index (χ4n) is 2.73. The van der Waals surface area contributed by atoms with E-state index in [1.165, 1.54) is 44.9 Å². The van der Waals surface area contributed by atoms with Gasteiger partial charge in [0, 0.05) is 5.46 Å². The van der Waals surface area contributed by atoms with Gasteiger partial charge in [-0.15, -0.1) is 0 Å².